The molecule has 4 heterocycles. The monoisotopic (exact) mass is 393 g/mol. The van der Waals surface area contributed by atoms with Crippen LogP contribution in [0.25, 0.3) is 21.3 Å². The zero-order chi connectivity index (χ0) is 18.9. The molecule has 2 aromatic heterocycles. The van der Waals surface area contributed by atoms with E-state index in [1.54, 1.807) is 17.7 Å². The van der Waals surface area contributed by atoms with Gasteiger partial charge in [-0.2, -0.15) is 0 Å². The molecule has 0 radical (unpaired) electrons. The fourth-order valence-electron chi connectivity index (χ4n) is 4.65. The molecule has 0 unspecified atom stereocenters. The van der Waals surface area contributed by atoms with Crippen LogP contribution in [-0.2, 0) is 0 Å². The molecular weight excluding hydrogens is 366 g/mol. The lowest BCUT2D eigenvalue weighted by atomic mass is 9.96. The number of hydrogen-bond acceptors (Lipinski definition) is 6. The van der Waals surface area contributed by atoms with Crippen LogP contribution >= 0.6 is 11.3 Å². The highest BCUT2D eigenvalue weighted by Gasteiger charge is 2.27. The topological polar surface area (TPSA) is 58.3 Å². The molecule has 0 saturated carbocycles. The van der Waals surface area contributed by atoms with Crippen LogP contribution in [0.5, 0.6) is 0 Å². The van der Waals surface area contributed by atoms with Crippen molar-refractivity contribution in [1.29, 1.82) is 0 Å². The van der Waals surface area contributed by atoms with Crippen molar-refractivity contribution in [3.8, 4) is 11.1 Å². The molecule has 0 spiro atoms. The second-order valence-electron chi connectivity index (χ2n) is 8.13. The second kappa shape index (κ2) is 7.78. The van der Waals surface area contributed by atoms with Gasteiger partial charge in [-0.05, 0) is 37.3 Å². The number of fused-ring (bicyclic) bond motifs is 1. The fourth-order valence-corrected chi connectivity index (χ4v) is 5.56. The highest BCUT2D eigenvalue weighted by atomic mass is 32.1. The fraction of sp³-hybridized carbons (Fsp3) is 0.455. The van der Waals surface area contributed by atoms with E-state index in [2.05, 4.69) is 50.5 Å². The molecule has 6 heteroatoms. The Morgan fingerprint density at radius 3 is 2.61 bits per heavy atom. The third-order valence-electron chi connectivity index (χ3n) is 6.17. The van der Waals surface area contributed by atoms with Crippen LogP contribution in [0.2, 0.25) is 0 Å². The van der Waals surface area contributed by atoms with Crippen LogP contribution in [-0.4, -0.2) is 53.6 Å². The average molecular weight is 394 g/mol. The Labute approximate surface area is 170 Å². The van der Waals surface area contributed by atoms with Gasteiger partial charge in [0.05, 0.1) is 5.39 Å². The maximum Gasteiger partial charge on any atom is 0.141 e. The normalized spacial score (nSPS) is 21.6. The molecule has 146 valence electrons. The standard InChI is InChI=1S/C22H27N5S/c23-18-8-9-26(13-18)12-16-6-10-27(11-7-16)21-20-19(17-4-2-1-3-5-17)14-28-22(20)25-15-24-21/h1-5,14-16,18H,6-13,23H2/t18-/m1/s1. The number of thiophene rings is 1. The summed E-state index contributed by atoms with van der Waals surface area (Å²) >= 11 is 1.71. The third-order valence-corrected chi connectivity index (χ3v) is 7.06. The van der Waals surface area contributed by atoms with E-state index in [0.29, 0.717) is 6.04 Å². The number of nitrogens with two attached hydrogens (primary N) is 1. The Morgan fingerprint density at radius 1 is 1.04 bits per heavy atom. The first-order valence-electron chi connectivity index (χ1n) is 10.3. The SMILES string of the molecule is N[C@@H]1CCN(CC2CCN(c3ncnc4scc(-c5ccccc5)c34)CC2)C1. The van der Waals surface area contributed by atoms with Crippen LogP contribution in [0.15, 0.2) is 42.0 Å². The molecule has 28 heavy (non-hydrogen) atoms. The molecule has 5 nitrogen and oxygen atoms in total. The zero-order valence-corrected chi connectivity index (χ0v) is 16.9. The van der Waals surface area contributed by atoms with E-state index < -0.39 is 0 Å². The largest absolute Gasteiger partial charge is 0.356 e. The predicted molar refractivity (Wildman–Crippen MR) is 117 cm³/mol. The number of hydrogen-bond donors (Lipinski definition) is 1. The lowest BCUT2D eigenvalue weighted by molar-refractivity contribution is 0.247. The Balaban J connectivity index is 1.35. The van der Waals surface area contributed by atoms with Gasteiger partial charge in [0.15, 0.2) is 0 Å². The number of benzene rings is 1. The molecule has 0 amide bonds. The van der Waals surface area contributed by atoms with Crippen LogP contribution < -0.4 is 10.6 Å². The Morgan fingerprint density at radius 2 is 1.86 bits per heavy atom. The number of aromatic nitrogens is 2. The Kier molecular flexibility index (Phi) is 5.01. The van der Waals surface area contributed by atoms with Gasteiger partial charge in [0, 0.05) is 43.2 Å². The van der Waals surface area contributed by atoms with Crippen molar-refractivity contribution in [2.24, 2.45) is 11.7 Å². The summed E-state index contributed by atoms with van der Waals surface area (Å²) in [7, 11) is 0. The van der Waals surface area contributed by atoms with E-state index in [4.69, 9.17) is 10.7 Å². The van der Waals surface area contributed by atoms with Gasteiger partial charge in [-0.25, -0.2) is 9.97 Å². The predicted octanol–water partition coefficient (Wildman–Crippen LogP) is 3.61. The molecular formula is C22H27N5S. The highest BCUT2D eigenvalue weighted by molar-refractivity contribution is 7.17. The molecule has 3 aromatic rings. The third kappa shape index (κ3) is 3.52. The number of nitrogens with zero attached hydrogens (tertiary/aromatic N) is 4. The first-order valence-corrected chi connectivity index (χ1v) is 11.2. The van der Waals surface area contributed by atoms with Crippen molar-refractivity contribution in [1.82, 2.24) is 14.9 Å². The first kappa shape index (κ1) is 18.0. The quantitative estimate of drug-likeness (QED) is 0.734. The molecule has 2 aliphatic heterocycles. The summed E-state index contributed by atoms with van der Waals surface area (Å²) in [5.74, 6) is 1.88. The van der Waals surface area contributed by atoms with Crippen LogP contribution in [0, 0.1) is 5.92 Å². The van der Waals surface area contributed by atoms with E-state index >= 15 is 0 Å². The molecule has 2 saturated heterocycles. The Bertz CT molecular complexity index is 933. The number of likely N-dealkylation sites (tertiary alicyclic amines) is 1. The first-order chi connectivity index (χ1) is 13.8. The summed E-state index contributed by atoms with van der Waals surface area (Å²) in [6.07, 6.45) is 5.32. The summed E-state index contributed by atoms with van der Waals surface area (Å²) in [5.41, 5.74) is 8.56. The zero-order valence-electron chi connectivity index (χ0n) is 16.1. The Hall–Kier alpha value is -2.02. The van der Waals surface area contributed by atoms with Gasteiger partial charge in [-0.3, -0.25) is 0 Å². The van der Waals surface area contributed by atoms with Gasteiger partial charge in [0.2, 0.25) is 0 Å². The van der Waals surface area contributed by atoms with Crippen LogP contribution in [0.4, 0.5) is 5.82 Å². The number of piperidine rings is 1. The summed E-state index contributed by atoms with van der Waals surface area (Å²) in [4.78, 5) is 15.4. The van der Waals surface area contributed by atoms with E-state index in [0.717, 1.165) is 42.6 Å². The number of rotatable bonds is 4. The molecule has 0 aliphatic carbocycles. The average Bonchev–Trinajstić information content (AvgIpc) is 3.35. The van der Waals surface area contributed by atoms with Gasteiger partial charge < -0.3 is 15.5 Å². The van der Waals surface area contributed by atoms with Crippen molar-refractivity contribution < 1.29 is 0 Å². The van der Waals surface area contributed by atoms with Gasteiger partial charge in [-0.1, -0.05) is 30.3 Å². The lowest BCUT2D eigenvalue weighted by Gasteiger charge is -2.35. The van der Waals surface area contributed by atoms with Gasteiger partial charge in [-0.15, -0.1) is 11.3 Å². The van der Waals surface area contributed by atoms with Crippen LogP contribution in [0.3, 0.4) is 0 Å². The molecule has 0 bridgehead atoms. The van der Waals surface area contributed by atoms with Crippen molar-refractivity contribution in [3.63, 3.8) is 0 Å². The lowest BCUT2D eigenvalue weighted by Crippen LogP contribution is -2.39. The number of anilines is 1. The van der Waals surface area contributed by atoms with Crippen LogP contribution in [0.1, 0.15) is 19.3 Å². The van der Waals surface area contributed by atoms with Crippen molar-refractivity contribution in [3.05, 3.63) is 42.0 Å². The maximum absolute atomic E-state index is 6.07. The van der Waals surface area contributed by atoms with Crippen molar-refractivity contribution in [2.45, 2.75) is 25.3 Å². The second-order valence-corrected chi connectivity index (χ2v) is 8.99. The summed E-state index contributed by atoms with van der Waals surface area (Å²) in [5, 5.41) is 3.43. The summed E-state index contributed by atoms with van der Waals surface area (Å²) in [6, 6.07) is 11.0. The van der Waals surface area contributed by atoms with E-state index in [-0.39, 0.29) is 0 Å². The molecule has 2 N–H and O–H groups in total. The minimum atomic E-state index is 0.379. The summed E-state index contributed by atoms with van der Waals surface area (Å²) in [6.45, 7) is 5.58. The van der Waals surface area contributed by atoms with E-state index in [9.17, 15) is 0 Å². The molecule has 5 rings (SSSR count). The van der Waals surface area contributed by atoms with E-state index in [1.165, 1.54) is 42.4 Å². The molecule has 2 aliphatic rings. The van der Waals surface area contributed by atoms with Crippen molar-refractivity contribution >= 4 is 27.4 Å². The minimum Gasteiger partial charge on any atom is -0.356 e. The molecule has 2 fully saturated rings. The summed E-state index contributed by atoms with van der Waals surface area (Å²) < 4.78 is 0. The molecule has 1 aromatic carbocycles. The molecule has 1 atom stereocenters. The minimum absolute atomic E-state index is 0.379. The van der Waals surface area contributed by atoms with Gasteiger partial charge in [0.25, 0.3) is 0 Å². The smallest absolute Gasteiger partial charge is 0.141 e. The van der Waals surface area contributed by atoms with Gasteiger partial charge >= 0.3 is 0 Å². The van der Waals surface area contributed by atoms with Crippen molar-refractivity contribution in [2.75, 3.05) is 37.6 Å². The highest BCUT2D eigenvalue weighted by Crippen LogP contribution is 2.38. The van der Waals surface area contributed by atoms with Gasteiger partial charge in [0.1, 0.15) is 17.0 Å². The maximum atomic E-state index is 6.07. The van der Waals surface area contributed by atoms with E-state index in [1.807, 2.05) is 0 Å².